The van der Waals surface area contributed by atoms with Crippen molar-refractivity contribution in [3.63, 3.8) is 0 Å². The number of hydrogen-bond acceptors (Lipinski definition) is 4. The van der Waals surface area contributed by atoms with Crippen LogP contribution < -0.4 is 10.1 Å². The SMILES string of the molecule is CC(C)c1nc(NC(=O)COc2cccc3c2ccn3C(C)C)n[nH]1. The van der Waals surface area contributed by atoms with Crippen LogP contribution in [0.2, 0.25) is 0 Å². The highest BCUT2D eigenvalue weighted by Gasteiger charge is 2.12. The van der Waals surface area contributed by atoms with Crippen molar-refractivity contribution in [3.05, 3.63) is 36.3 Å². The first-order valence-electron chi connectivity index (χ1n) is 8.40. The lowest BCUT2D eigenvalue weighted by atomic mass is 10.2. The zero-order chi connectivity index (χ0) is 18.0. The van der Waals surface area contributed by atoms with E-state index in [9.17, 15) is 4.79 Å². The molecule has 7 heteroatoms. The summed E-state index contributed by atoms with van der Waals surface area (Å²) in [6, 6.07) is 8.20. The number of carbonyl (C=O) groups excluding carboxylic acids is 1. The van der Waals surface area contributed by atoms with E-state index in [-0.39, 0.29) is 24.4 Å². The minimum absolute atomic E-state index is 0.0997. The minimum atomic E-state index is -0.297. The Morgan fingerprint density at radius 1 is 1.28 bits per heavy atom. The van der Waals surface area contributed by atoms with Crippen molar-refractivity contribution in [2.75, 3.05) is 11.9 Å². The molecule has 0 bridgehead atoms. The molecule has 25 heavy (non-hydrogen) atoms. The van der Waals surface area contributed by atoms with Gasteiger partial charge < -0.3 is 9.30 Å². The van der Waals surface area contributed by atoms with Crippen LogP contribution in [0.4, 0.5) is 5.95 Å². The summed E-state index contributed by atoms with van der Waals surface area (Å²) in [6.45, 7) is 8.15. The van der Waals surface area contributed by atoms with Gasteiger partial charge in [-0.15, -0.1) is 5.10 Å². The van der Waals surface area contributed by atoms with Gasteiger partial charge in [0.15, 0.2) is 6.61 Å². The molecule has 0 aliphatic rings. The highest BCUT2D eigenvalue weighted by molar-refractivity contribution is 5.91. The van der Waals surface area contributed by atoms with Gasteiger partial charge in [0.2, 0.25) is 5.95 Å². The average molecular weight is 341 g/mol. The van der Waals surface area contributed by atoms with Crippen molar-refractivity contribution in [2.24, 2.45) is 0 Å². The third-order valence-electron chi connectivity index (χ3n) is 3.94. The number of nitrogens with one attached hydrogen (secondary N) is 2. The molecule has 0 spiro atoms. The van der Waals surface area contributed by atoms with E-state index in [1.807, 2.05) is 44.3 Å². The monoisotopic (exact) mass is 341 g/mol. The quantitative estimate of drug-likeness (QED) is 0.719. The molecule has 3 rings (SSSR count). The maximum Gasteiger partial charge on any atom is 0.264 e. The number of aromatic amines is 1. The number of anilines is 1. The van der Waals surface area contributed by atoms with Gasteiger partial charge in [0.05, 0.1) is 5.52 Å². The molecule has 2 aromatic heterocycles. The van der Waals surface area contributed by atoms with E-state index in [1.54, 1.807) is 0 Å². The largest absolute Gasteiger partial charge is 0.483 e. The number of nitrogens with zero attached hydrogens (tertiary/aromatic N) is 3. The van der Waals surface area contributed by atoms with Crippen molar-refractivity contribution in [2.45, 2.75) is 39.7 Å². The number of ether oxygens (including phenoxy) is 1. The Morgan fingerprint density at radius 3 is 2.76 bits per heavy atom. The van der Waals surface area contributed by atoms with Crippen LogP contribution in [-0.4, -0.2) is 32.3 Å². The number of amides is 1. The zero-order valence-corrected chi connectivity index (χ0v) is 14.9. The van der Waals surface area contributed by atoms with Crippen molar-refractivity contribution in [1.82, 2.24) is 19.7 Å². The second kappa shape index (κ2) is 6.96. The summed E-state index contributed by atoms with van der Waals surface area (Å²) in [6.07, 6.45) is 2.03. The standard InChI is InChI=1S/C18H23N5O2/c1-11(2)17-20-18(22-21-17)19-16(24)10-25-15-7-5-6-14-13(15)8-9-23(14)12(3)4/h5-9,11-12H,10H2,1-4H3,(H2,19,20,21,22,24). The molecule has 0 aliphatic heterocycles. The first-order chi connectivity index (χ1) is 12.0. The molecule has 0 radical (unpaired) electrons. The number of benzene rings is 1. The van der Waals surface area contributed by atoms with Crippen LogP contribution in [0.25, 0.3) is 10.9 Å². The van der Waals surface area contributed by atoms with Gasteiger partial charge in [0, 0.05) is 23.5 Å². The topological polar surface area (TPSA) is 84.8 Å². The third-order valence-corrected chi connectivity index (χ3v) is 3.94. The molecule has 2 heterocycles. The number of aromatic nitrogens is 4. The number of fused-ring (bicyclic) bond motifs is 1. The van der Waals surface area contributed by atoms with E-state index < -0.39 is 0 Å². The Hall–Kier alpha value is -2.83. The fourth-order valence-corrected chi connectivity index (χ4v) is 2.63. The van der Waals surface area contributed by atoms with E-state index in [4.69, 9.17) is 4.74 Å². The Labute approximate surface area is 146 Å². The molecule has 1 aromatic carbocycles. The van der Waals surface area contributed by atoms with Gasteiger partial charge in [0.25, 0.3) is 5.91 Å². The van der Waals surface area contributed by atoms with Crippen molar-refractivity contribution in [3.8, 4) is 5.75 Å². The Kier molecular flexibility index (Phi) is 4.74. The fourth-order valence-electron chi connectivity index (χ4n) is 2.63. The first kappa shape index (κ1) is 17.0. The molecular formula is C18H23N5O2. The molecule has 3 aromatic rings. The van der Waals surface area contributed by atoms with E-state index in [0.717, 1.165) is 16.7 Å². The first-order valence-corrected chi connectivity index (χ1v) is 8.40. The van der Waals surface area contributed by atoms with Crippen LogP contribution in [0.5, 0.6) is 5.75 Å². The minimum Gasteiger partial charge on any atom is -0.483 e. The number of rotatable bonds is 6. The van der Waals surface area contributed by atoms with Gasteiger partial charge in [0.1, 0.15) is 11.6 Å². The molecule has 1 amide bonds. The van der Waals surface area contributed by atoms with E-state index in [1.165, 1.54) is 0 Å². The average Bonchev–Trinajstić information content (AvgIpc) is 3.19. The van der Waals surface area contributed by atoms with Gasteiger partial charge in [-0.1, -0.05) is 19.9 Å². The van der Waals surface area contributed by atoms with Crippen LogP contribution in [0.15, 0.2) is 30.5 Å². The fraction of sp³-hybridized carbons (Fsp3) is 0.389. The molecule has 0 unspecified atom stereocenters. The summed E-state index contributed by atoms with van der Waals surface area (Å²) < 4.78 is 7.88. The van der Waals surface area contributed by atoms with Crippen LogP contribution in [-0.2, 0) is 4.79 Å². The third kappa shape index (κ3) is 3.65. The summed E-state index contributed by atoms with van der Waals surface area (Å²) in [5.74, 6) is 1.61. The smallest absolute Gasteiger partial charge is 0.264 e. The molecule has 132 valence electrons. The lowest BCUT2D eigenvalue weighted by Gasteiger charge is -2.11. The van der Waals surface area contributed by atoms with Crippen molar-refractivity contribution >= 4 is 22.8 Å². The molecule has 0 saturated heterocycles. The highest BCUT2D eigenvalue weighted by atomic mass is 16.5. The molecule has 0 aliphatic carbocycles. The van der Waals surface area contributed by atoms with Crippen molar-refractivity contribution in [1.29, 1.82) is 0 Å². The lowest BCUT2D eigenvalue weighted by Crippen LogP contribution is -2.21. The molecule has 2 N–H and O–H groups in total. The van der Waals surface area contributed by atoms with E-state index in [2.05, 4.69) is 38.9 Å². The van der Waals surface area contributed by atoms with Gasteiger partial charge in [-0.05, 0) is 32.0 Å². The van der Waals surface area contributed by atoms with Gasteiger partial charge in [-0.25, -0.2) is 0 Å². The number of carbonyl (C=O) groups is 1. The second-order valence-electron chi connectivity index (χ2n) is 6.54. The van der Waals surface area contributed by atoms with Gasteiger partial charge in [-0.3, -0.25) is 15.2 Å². The van der Waals surface area contributed by atoms with Crippen LogP contribution >= 0.6 is 0 Å². The van der Waals surface area contributed by atoms with Gasteiger partial charge in [-0.2, -0.15) is 4.98 Å². The maximum atomic E-state index is 12.1. The lowest BCUT2D eigenvalue weighted by molar-refractivity contribution is -0.118. The molecule has 7 nitrogen and oxygen atoms in total. The Morgan fingerprint density at radius 2 is 2.08 bits per heavy atom. The predicted octanol–water partition coefficient (Wildman–Crippen LogP) is 3.48. The highest BCUT2D eigenvalue weighted by Crippen LogP contribution is 2.28. The Balaban J connectivity index is 1.66. The normalized spacial score (nSPS) is 11.4. The Bertz CT molecular complexity index is 879. The molecule has 0 fully saturated rings. The van der Waals surface area contributed by atoms with Crippen molar-refractivity contribution < 1.29 is 9.53 Å². The summed E-state index contributed by atoms with van der Waals surface area (Å²) in [4.78, 5) is 16.3. The molecule has 0 atom stereocenters. The summed E-state index contributed by atoms with van der Waals surface area (Å²) in [5.41, 5.74) is 1.09. The maximum absolute atomic E-state index is 12.1. The van der Waals surface area contributed by atoms with Crippen LogP contribution in [0.1, 0.15) is 45.5 Å². The summed E-state index contributed by atoms with van der Waals surface area (Å²) in [5, 5.41) is 10.4. The van der Waals surface area contributed by atoms with E-state index in [0.29, 0.717) is 11.8 Å². The van der Waals surface area contributed by atoms with Crippen LogP contribution in [0, 0.1) is 0 Å². The van der Waals surface area contributed by atoms with Gasteiger partial charge >= 0.3 is 0 Å². The zero-order valence-electron chi connectivity index (χ0n) is 14.9. The summed E-state index contributed by atoms with van der Waals surface area (Å²) in [7, 11) is 0. The van der Waals surface area contributed by atoms with Crippen LogP contribution in [0.3, 0.4) is 0 Å². The molecular weight excluding hydrogens is 318 g/mol. The molecule has 0 saturated carbocycles. The second-order valence-corrected chi connectivity index (χ2v) is 6.54. The predicted molar refractivity (Wildman–Crippen MR) is 96.9 cm³/mol. The van der Waals surface area contributed by atoms with E-state index >= 15 is 0 Å². The number of H-pyrrole nitrogens is 1. The number of hydrogen-bond donors (Lipinski definition) is 2. The summed E-state index contributed by atoms with van der Waals surface area (Å²) >= 11 is 0.